The molecule has 19 heavy (non-hydrogen) atoms. The van der Waals surface area contributed by atoms with Crippen molar-refractivity contribution in [2.75, 3.05) is 20.1 Å². The van der Waals surface area contributed by atoms with Gasteiger partial charge < -0.3 is 10.6 Å². The second-order valence-corrected chi connectivity index (χ2v) is 5.07. The molecule has 0 heterocycles. The first-order valence-corrected chi connectivity index (χ1v) is 6.75. The molecule has 0 saturated heterocycles. The highest BCUT2D eigenvalue weighted by Gasteiger charge is 2.21. The maximum absolute atomic E-state index is 12.3. The van der Waals surface area contributed by atoms with Gasteiger partial charge in [-0.15, -0.1) is 0 Å². The third kappa shape index (κ3) is 3.59. The smallest absolute Gasteiger partial charge is 0.253 e. The summed E-state index contributed by atoms with van der Waals surface area (Å²) in [5.74, 6) is 6.52. The van der Waals surface area contributed by atoms with Crippen molar-refractivity contribution in [2.24, 2.45) is 11.7 Å². The number of nitrogens with zero attached hydrogens (tertiary/aromatic N) is 1. The lowest BCUT2D eigenvalue weighted by Crippen LogP contribution is -2.34. The van der Waals surface area contributed by atoms with Gasteiger partial charge in [0.25, 0.3) is 5.91 Å². The normalized spacial score (nSPS) is 14.2. The van der Waals surface area contributed by atoms with Crippen LogP contribution in [0.2, 0.25) is 0 Å². The van der Waals surface area contributed by atoms with Crippen LogP contribution in [0, 0.1) is 17.8 Å². The van der Waals surface area contributed by atoms with Crippen molar-refractivity contribution in [3.05, 3.63) is 35.4 Å². The Bertz CT molecular complexity index is 509. The molecule has 1 amide bonds. The van der Waals surface area contributed by atoms with E-state index in [2.05, 4.69) is 11.8 Å². The molecule has 0 unspecified atom stereocenters. The van der Waals surface area contributed by atoms with Crippen LogP contribution in [0.4, 0.5) is 0 Å². The Labute approximate surface area is 114 Å². The summed E-state index contributed by atoms with van der Waals surface area (Å²) in [4.78, 5) is 14.1. The van der Waals surface area contributed by atoms with Crippen LogP contribution in [0.5, 0.6) is 0 Å². The first-order valence-electron chi connectivity index (χ1n) is 6.75. The highest BCUT2D eigenvalue weighted by molar-refractivity contribution is 5.94. The van der Waals surface area contributed by atoms with Crippen LogP contribution in [0.3, 0.4) is 0 Å². The number of hydrogen-bond donors (Lipinski definition) is 1. The van der Waals surface area contributed by atoms with Gasteiger partial charge in [0.2, 0.25) is 0 Å². The van der Waals surface area contributed by atoms with Gasteiger partial charge in [-0.3, -0.25) is 4.79 Å². The summed E-state index contributed by atoms with van der Waals surface area (Å²) in [5.41, 5.74) is 6.89. The highest BCUT2D eigenvalue weighted by atomic mass is 16.2. The standard InChI is InChI=1S/C16H20N2O/c1-18(12-14-6-2-7-14)16(19)15-9-3-5-13(11-15)8-4-10-17/h3,5,9,11,14H,2,6-7,10,12,17H2,1H3. The minimum Gasteiger partial charge on any atom is -0.341 e. The third-order valence-corrected chi connectivity index (χ3v) is 3.55. The van der Waals surface area contributed by atoms with Crippen LogP contribution in [0.15, 0.2) is 24.3 Å². The zero-order valence-corrected chi connectivity index (χ0v) is 11.4. The fourth-order valence-corrected chi connectivity index (χ4v) is 2.25. The Morgan fingerprint density at radius 1 is 1.47 bits per heavy atom. The molecule has 0 aromatic heterocycles. The van der Waals surface area contributed by atoms with E-state index in [0.29, 0.717) is 18.0 Å². The van der Waals surface area contributed by atoms with Crippen molar-refractivity contribution in [3.63, 3.8) is 0 Å². The summed E-state index contributed by atoms with van der Waals surface area (Å²) in [6.45, 7) is 1.19. The molecule has 3 nitrogen and oxygen atoms in total. The van der Waals surface area contributed by atoms with Gasteiger partial charge in [-0.1, -0.05) is 24.3 Å². The minimum absolute atomic E-state index is 0.0725. The molecule has 1 saturated carbocycles. The molecule has 0 atom stereocenters. The number of hydrogen-bond acceptors (Lipinski definition) is 2. The molecule has 2 N–H and O–H groups in total. The highest BCUT2D eigenvalue weighted by Crippen LogP contribution is 2.27. The number of amides is 1. The van der Waals surface area contributed by atoms with Crippen molar-refractivity contribution in [3.8, 4) is 11.8 Å². The Hall–Kier alpha value is -1.79. The van der Waals surface area contributed by atoms with Crippen LogP contribution in [0.25, 0.3) is 0 Å². The molecule has 1 aromatic carbocycles. The number of benzene rings is 1. The number of rotatable bonds is 3. The van der Waals surface area contributed by atoms with Gasteiger partial charge in [-0.05, 0) is 37.0 Å². The molecule has 0 bridgehead atoms. The maximum Gasteiger partial charge on any atom is 0.253 e. The quantitative estimate of drug-likeness (QED) is 0.839. The predicted molar refractivity (Wildman–Crippen MR) is 76.7 cm³/mol. The Balaban J connectivity index is 2.04. The topological polar surface area (TPSA) is 46.3 Å². The van der Waals surface area contributed by atoms with Crippen LogP contribution in [-0.4, -0.2) is 30.9 Å². The molecule has 0 aliphatic heterocycles. The van der Waals surface area contributed by atoms with E-state index < -0.39 is 0 Å². The van der Waals surface area contributed by atoms with Gasteiger partial charge in [-0.2, -0.15) is 0 Å². The second-order valence-electron chi connectivity index (χ2n) is 5.07. The van der Waals surface area contributed by atoms with E-state index in [9.17, 15) is 4.79 Å². The zero-order valence-electron chi connectivity index (χ0n) is 11.4. The second kappa shape index (κ2) is 6.40. The molecular weight excluding hydrogens is 236 g/mol. The van der Waals surface area contributed by atoms with Crippen LogP contribution < -0.4 is 5.73 Å². The van der Waals surface area contributed by atoms with E-state index >= 15 is 0 Å². The van der Waals surface area contributed by atoms with Crippen molar-refractivity contribution < 1.29 is 4.79 Å². The molecule has 2 rings (SSSR count). The summed E-state index contributed by atoms with van der Waals surface area (Å²) in [7, 11) is 1.87. The lowest BCUT2D eigenvalue weighted by molar-refractivity contribution is 0.0745. The van der Waals surface area contributed by atoms with Gasteiger partial charge in [0.15, 0.2) is 0 Å². The molecule has 0 radical (unpaired) electrons. The maximum atomic E-state index is 12.3. The molecule has 1 aliphatic carbocycles. The van der Waals surface area contributed by atoms with Crippen molar-refractivity contribution in [2.45, 2.75) is 19.3 Å². The van der Waals surface area contributed by atoms with E-state index in [1.54, 1.807) is 0 Å². The molecular formula is C16H20N2O. The summed E-state index contributed by atoms with van der Waals surface area (Å²) in [6, 6.07) is 7.44. The fraction of sp³-hybridized carbons (Fsp3) is 0.438. The van der Waals surface area contributed by atoms with E-state index in [1.165, 1.54) is 19.3 Å². The number of nitrogens with two attached hydrogens (primary N) is 1. The Morgan fingerprint density at radius 3 is 2.89 bits per heavy atom. The third-order valence-electron chi connectivity index (χ3n) is 3.55. The first-order chi connectivity index (χ1) is 9.20. The lowest BCUT2D eigenvalue weighted by Gasteiger charge is -2.30. The molecule has 3 heteroatoms. The van der Waals surface area contributed by atoms with Crippen molar-refractivity contribution in [1.82, 2.24) is 4.90 Å². The van der Waals surface area contributed by atoms with Gasteiger partial charge in [0, 0.05) is 24.7 Å². The number of carbonyl (C=O) groups excluding carboxylic acids is 1. The van der Waals surface area contributed by atoms with Gasteiger partial charge >= 0.3 is 0 Å². The average molecular weight is 256 g/mol. The van der Waals surface area contributed by atoms with Gasteiger partial charge in [0.1, 0.15) is 0 Å². The average Bonchev–Trinajstić information content (AvgIpc) is 2.39. The summed E-state index contributed by atoms with van der Waals surface area (Å²) >= 11 is 0. The fourth-order valence-electron chi connectivity index (χ4n) is 2.25. The van der Waals surface area contributed by atoms with Crippen LogP contribution in [-0.2, 0) is 0 Å². The zero-order chi connectivity index (χ0) is 13.7. The molecule has 100 valence electrons. The molecule has 1 aliphatic rings. The minimum atomic E-state index is 0.0725. The summed E-state index contributed by atoms with van der Waals surface area (Å²) in [5, 5.41) is 0. The predicted octanol–water partition coefficient (Wildman–Crippen LogP) is 1.87. The van der Waals surface area contributed by atoms with Crippen LogP contribution in [0.1, 0.15) is 35.2 Å². The Kier molecular flexibility index (Phi) is 4.59. The number of carbonyl (C=O) groups is 1. The van der Waals surface area contributed by atoms with E-state index in [-0.39, 0.29) is 5.91 Å². The Morgan fingerprint density at radius 2 is 2.26 bits per heavy atom. The summed E-state index contributed by atoms with van der Waals surface area (Å²) < 4.78 is 0. The van der Waals surface area contributed by atoms with E-state index in [1.807, 2.05) is 36.2 Å². The van der Waals surface area contributed by atoms with Gasteiger partial charge in [-0.25, -0.2) is 0 Å². The van der Waals surface area contributed by atoms with E-state index in [4.69, 9.17) is 5.73 Å². The SMILES string of the molecule is CN(CC1CCC1)C(=O)c1cccc(C#CCN)c1. The largest absolute Gasteiger partial charge is 0.341 e. The molecule has 0 spiro atoms. The summed E-state index contributed by atoms with van der Waals surface area (Å²) in [6.07, 6.45) is 3.80. The van der Waals surface area contributed by atoms with E-state index in [0.717, 1.165) is 12.1 Å². The lowest BCUT2D eigenvalue weighted by atomic mass is 9.85. The van der Waals surface area contributed by atoms with Crippen molar-refractivity contribution >= 4 is 5.91 Å². The first kappa shape index (κ1) is 13.6. The van der Waals surface area contributed by atoms with Crippen LogP contribution >= 0.6 is 0 Å². The molecule has 1 aromatic rings. The van der Waals surface area contributed by atoms with Gasteiger partial charge in [0.05, 0.1) is 6.54 Å². The monoisotopic (exact) mass is 256 g/mol. The van der Waals surface area contributed by atoms with Crippen molar-refractivity contribution in [1.29, 1.82) is 0 Å². The molecule has 1 fully saturated rings.